The molecule has 1 atom stereocenters. The van der Waals surface area contributed by atoms with Crippen molar-refractivity contribution in [3.63, 3.8) is 0 Å². The van der Waals surface area contributed by atoms with Crippen LogP contribution in [0.3, 0.4) is 0 Å². The first-order chi connectivity index (χ1) is 14.8. The SMILES string of the molecule is Cn1c2c(c(=O)n(C)c1=O)C(c1ccc(C(=O)O)cc1)C1=C(N2)c2ccccc2C1=O. The number of carboxylic acids is 1. The molecule has 0 saturated carbocycles. The number of anilines is 1. The fourth-order valence-corrected chi connectivity index (χ4v) is 4.41. The van der Waals surface area contributed by atoms with Gasteiger partial charge in [0.05, 0.1) is 16.8 Å². The number of nitrogens with zero attached hydrogens (tertiary/aromatic N) is 2. The van der Waals surface area contributed by atoms with Crippen LogP contribution in [-0.4, -0.2) is 26.0 Å². The number of carbonyl (C=O) groups excluding carboxylic acids is 1. The van der Waals surface area contributed by atoms with Gasteiger partial charge in [-0.05, 0) is 17.7 Å². The van der Waals surface area contributed by atoms with Gasteiger partial charge in [-0.15, -0.1) is 0 Å². The Hall–Kier alpha value is -4.20. The zero-order valence-electron chi connectivity index (χ0n) is 16.7. The Kier molecular flexibility index (Phi) is 3.88. The molecule has 0 amide bonds. The van der Waals surface area contributed by atoms with Crippen LogP contribution in [0.25, 0.3) is 5.70 Å². The highest BCUT2D eigenvalue weighted by atomic mass is 16.4. The first kappa shape index (κ1) is 18.8. The van der Waals surface area contributed by atoms with Crippen molar-refractivity contribution in [2.24, 2.45) is 14.1 Å². The highest BCUT2D eigenvalue weighted by Gasteiger charge is 2.42. The third-order valence-electron chi connectivity index (χ3n) is 5.97. The van der Waals surface area contributed by atoms with Crippen molar-refractivity contribution in [2.45, 2.75) is 5.92 Å². The molecule has 1 aromatic heterocycles. The molecule has 0 fully saturated rings. The molecule has 0 spiro atoms. The Morgan fingerprint density at radius 1 is 0.935 bits per heavy atom. The van der Waals surface area contributed by atoms with Gasteiger partial charge >= 0.3 is 11.7 Å². The maximum Gasteiger partial charge on any atom is 0.335 e. The maximum absolute atomic E-state index is 13.4. The molecule has 8 nitrogen and oxygen atoms in total. The molecule has 1 aliphatic carbocycles. The monoisotopic (exact) mass is 415 g/mol. The second-order valence-corrected chi connectivity index (χ2v) is 7.62. The van der Waals surface area contributed by atoms with E-state index in [2.05, 4.69) is 5.32 Å². The third-order valence-corrected chi connectivity index (χ3v) is 5.97. The number of Topliss-reactive ketones (excluding diaryl/α,β-unsaturated/α-hetero) is 1. The van der Waals surface area contributed by atoms with Crippen molar-refractivity contribution >= 4 is 23.3 Å². The predicted octanol–water partition coefficient (Wildman–Crippen LogP) is 1.95. The lowest BCUT2D eigenvalue weighted by Gasteiger charge is -2.29. The van der Waals surface area contributed by atoms with Gasteiger partial charge in [0, 0.05) is 36.7 Å². The zero-order valence-corrected chi connectivity index (χ0v) is 16.7. The van der Waals surface area contributed by atoms with E-state index in [1.165, 1.54) is 23.7 Å². The second-order valence-electron chi connectivity index (χ2n) is 7.62. The van der Waals surface area contributed by atoms with Crippen LogP contribution < -0.4 is 16.6 Å². The number of carboxylic acid groups (broad SMARTS) is 1. The lowest BCUT2D eigenvalue weighted by molar-refractivity contribution is 0.0696. The van der Waals surface area contributed by atoms with Crippen molar-refractivity contribution in [2.75, 3.05) is 5.32 Å². The quantitative estimate of drug-likeness (QED) is 0.662. The molecule has 2 N–H and O–H groups in total. The van der Waals surface area contributed by atoms with E-state index in [1.807, 2.05) is 12.1 Å². The van der Waals surface area contributed by atoms with Gasteiger partial charge in [0.15, 0.2) is 5.78 Å². The van der Waals surface area contributed by atoms with Crippen molar-refractivity contribution < 1.29 is 14.7 Å². The molecule has 0 bridgehead atoms. The summed E-state index contributed by atoms with van der Waals surface area (Å²) >= 11 is 0. The first-order valence-electron chi connectivity index (χ1n) is 9.59. The van der Waals surface area contributed by atoms with E-state index < -0.39 is 23.1 Å². The van der Waals surface area contributed by atoms with Gasteiger partial charge < -0.3 is 10.4 Å². The van der Waals surface area contributed by atoms with Gasteiger partial charge in [0.1, 0.15) is 5.82 Å². The number of ketones is 1. The molecular weight excluding hydrogens is 398 g/mol. The van der Waals surface area contributed by atoms with E-state index >= 15 is 0 Å². The molecule has 1 aliphatic heterocycles. The van der Waals surface area contributed by atoms with Gasteiger partial charge in [0.2, 0.25) is 0 Å². The number of fused-ring (bicyclic) bond motifs is 3. The van der Waals surface area contributed by atoms with E-state index in [4.69, 9.17) is 0 Å². The van der Waals surface area contributed by atoms with E-state index in [-0.39, 0.29) is 16.9 Å². The standard InChI is InChI=1S/C23H17N3O5/c1-25-20-17(21(28)26(2)23(25)31)15(11-7-9-12(10-8-11)22(29)30)16-18(24-20)13-5-3-4-6-14(13)19(16)27/h3-10,15,24H,1-2H3,(H,29,30). The normalized spacial score (nSPS) is 16.5. The van der Waals surface area contributed by atoms with Crippen molar-refractivity contribution in [1.82, 2.24) is 9.13 Å². The van der Waals surface area contributed by atoms with Crippen LogP contribution >= 0.6 is 0 Å². The average Bonchev–Trinajstić information content (AvgIpc) is 3.07. The van der Waals surface area contributed by atoms with E-state index in [0.29, 0.717) is 33.8 Å². The summed E-state index contributed by atoms with van der Waals surface area (Å²) in [4.78, 5) is 50.4. The molecule has 0 radical (unpaired) electrons. The summed E-state index contributed by atoms with van der Waals surface area (Å²) in [5.74, 6) is -1.70. The molecule has 0 saturated heterocycles. The average molecular weight is 415 g/mol. The number of allylic oxidation sites excluding steroid dienone is 1. The molecule has 3 aromatic rings. The van der Waals surface area contributed by atoms with Crippen molar-refractivity contribution in [1.29, 1.82) is 0 Å². The maximum atomic E-state index is 13.4. The zero-order chi connectivity index (χ0) is 22.0. The summed E-state index contributed by atoms with van der Waals surface area (Å²) in [6.45, 7) is 0. The molecule has 31 heavy (non-hydrogen) atoms. The summed E-state index contributed by atoms with van der Waals surface area (Å²) in [7, 11) is 2.96. The number of hydrogen-bond donors (Lipinski definition) is 2. The van der Waals surface area contributed by atoms with E-state index in [0.717, 1.165) is 4.57 Å². The number of nitrogens with one attached hydrogen (secondary N) is 1. The van der Waals surface area contributed by atoms with Gasteiger partial charge in [-0.3, -0.25) is 18.7 Å². The minimum atomic E-state index is -1.07. The number of aromatic carboxylic acids is 1. The Bertz CT molecular complexity index is 1460. The highest BCUT2D eigenvalue weighted by Crippen LogP contribution is 2.47. The Labute approximate surface area is 175 Å². The Balaban J connectivity index is 1.85. The molecule has 2 aromatic carbocycles. The summed E-state index contributed by atoms with van der Waals surface area (Å²) in [6, 6.07) is 13.2. The van der Waals surface area contributed by atoms with Crippen molar-refractivity contribution in [3.05, 3.63) is 103 Å². The van der Waals surface area contributed by atoms with Crippen LogP contribution in [0.2, 0.25) is 0 Å². The van der Waals surface area contributed by atoms with Crippen LogP contribution in [0, 0.1) is 0 Å². The van der Waals surface area contributed by atoms with Crippen LogP contribution in [-0.2, 0) is 14.1 Å². The fourth-order valence-electron chi connectivity index (χ4n) is 4.41. The topological polar surface area (TPSA) is 110 Å². The Morgan fingerprint density at radius 3 is 2.23 bits per heavy atom. The van der Waals surface area contributed by atoms with Crippen LogP contribution in [0.15, 0.2) is 63.7 Å². The number of hydrogen-bond acceptors (Lipinski definition) is 5. The summed E-state index contributed by atoms with van der Waals surface area (Å²) in [6.07, 6.45) is 0. The predicted molar refractivity (Wildman–Crippen MR) is 113 cm³/mol. The van der Waals surface area contributed by atoms with E-state index in [1.54, 1.807) is 31.3 Å². The van der Waals surface area contributed by atoms with E-state index in [9.17, 15) is 24.3 Å². The number of benzene rings is 2. The van der Waals surface area contributed by atoms with Gasteiger partial charge in [-0.1, -0.05) is 36.4 Å². The molecular formula is C23H17N3O5. The minimum absolute atomic E-state index is 0.0986. The molecule has 154 valence electrons. The minimum Gasteiger partial charge on any atom is -0.478 e. The number of aromatic nitrogens is 2. The highest BCUT2D eigenvalue weighted by molar-refractivity contribution is 6.23. The molecule has 8 heteroatoms. The molecule has 2 aliphatic rings. The summed E-state index contributed by atoms with van der Waals surface area (Å²) in [5, 5.41) is 12.4. The second kappa shape index (κ2) is 6.40. The van der Waals surface area contributed by atoms with Crippen LogP contribution in [0.4, 0.5) is 5.82 Å². The van der Waals surface area contributed by atoms with Gasteiger partial charge in [-0.2, -0.15) is 0 Å². The summed E-state index contributed by atoms with van der Waals surface area (Å²) < 4.78 is 2.36. The third kappa shape index (κ3) is 2.48. The molecule has 1 unspecified atom stereocenters. The number of carbonyl (C=O) groups is 2. The van der Waals surface area contributed by atoms with Gasteiger partial charge in [-0.25, -0.2) is 9.59 Å². The largest absolute Gasteiger partial charge is 0.478 e. The van der Waals surface area contributed by atoms with Crippen LogP contribution in [0.1, 0.15) is 43.3 Å². The van der Waals surface area contributed by atoms with Crippen LogP contribution in [0.5, 0.6) is 0 Å². The molecule has 2 heterocycles. The molecule has 5 rings (SSSR count). The lowest BCUT2D eigenvalue weighted by Crippen LogP contribution is -2.42. The summed E-state index contributed by atoms with van der Waals surface area (Å²) in [5.41, 5.74) is 2.16. The fraction of sp³-hybridized carbons (Fsp3) is 0.130. The Morgan fingerprint density at radius 2 is 1.58 bits per heavy atom. The number of rotatable bonds is 2. The first-order valence-corrected chi connectivity index (χ1v) is 9.59. The van der Waals surface area contributed by atoms with Crippen molar-refractivity contribution in [3.8, 4) is 0 Å². The smallest absolute Gasteiger partial charge is 0.335 e. The van der Waals surface area contributed by atoms with Gasteiger partial charge in [0.25, 0.3) is 5.56 Å². The lowest BCUT2D eigenvalue weighted by atomic mass is 9.81.